The van der Waals surface area contributed by atoms with Crippen LogP contribution in [-0.4, -0.2) is 45.6 Å². The molecule has 0 aromatic heterocycles. The summed E-state index contributed by atoms with van der Waals surface area (Å²) in [6.45, 7) is 31.7. The van der Waals surface area contributed by atoms with Crippen LogP contribution in [0.5, 0.6) is 0 Å². The first-order valence-corrected chi connectivity index (χ1v) is 28.8. The van der Waals surface area contributed by atoms with E-state index >= 15 is 0 Å². The Labute approximate surface area is 417 Å². The number of aliphatic carboxylic acids is 2. The molecule has 0 aliphatic heterocycles. The third-order valence-corrected chi connectivity index (χ3v) is 10.6. The van der Waals surface area contributed by atoms with Gasteiger partial charge in [-0.3, -0.25) is 0 Å². The van der Waals surface area contributed by atoms with Crippen LogP contribution in [0.3, 0.4) is 0 Å². The van der Waals surface area contributed by atoms with Crippen LogP contribution in [-0.2, 0) is 9.59 Å². The van der Waals surface area contributed by atoms with Gasteiger partial charge in [-0.2, -0.15) is 0 Å². The Morgan fingerprint density at radius 3 is 0.379 bits per heavy atom. The predicted octanol–water partition coefficient (Wildman–Crippen LogP) is 21.0. The molecule has 6 nitrogen and oxygen atoms in total. The second-order valence-electron chi connectivity index (χ2n) is 18.2. The molecule has 0 amide bonds. The molecule has 0 bridgehead atoms. The number of carboxylic acid groups (broad SMARTS) is 2. The highest BCUT2D eigenvalue weighted by atomic mass is 16.4. The molecule has 4 N–H and O–H groups in total. The second kappa shape index (κ2) is 89.9. The van der Waals surface area contributed by atoms with Crippen LogP contribution >= 0.6 is 0 Å². The van der Waals surface area contributed by atoms with Crippen LogP contribution < -0.4 is 0 Å². The molecule has 0 aliphatic rings. The van der Waals surface area contributed by atoms with Crippen LogP contribution in [0, 0.1) is 0 Å². The summed E-state index contributed by atoms with van der Waals surface area (Å²) < 4.78 is 0. The van der Waals surface area contributed by atoms with E-state index in [0.717, 1.165) is 0 Å². The molecular formula is C60H128O6. The van der Waals surface area contributed by atoms with E-state index in [1.165, 1.54) is 271 Å². The van der Waals surface area contributed by atoms with E-state index in [1.807, 2.05) is 0 Å². The Bertz CT molecular complexity index is 628. The average molecular weight is 946 g/mol. The molecule has 0 aliphatic carbocycles. The fraction of sp³-hybridized carbons (Fsp3) is 0.900. The molecule has 404 valence electrons. The summed E-state index contributed by atoms with van der Waals surface area (Å²) in [6, 6.07) is 0. The monoisotopic (exact) mass is 945 g/mol. The van der Waals surface area contributed by atoms with E-state index in [9.17, 15) is 9.59 Å². The van der Waals surface area contributed by atoms with Crippen molar-refractivity contribution >= 4 is 11.9 Å². The summed E-state index contributed by atoms with van der Waals surface area (Å²) in [7, 11) is 0. The Kier molecular flexibility index (Phi) is 111. The van der Waals surface area contributed by atoms with Crippen molar-refractivity contribution in [2.45, 2.75) is 340 Å². The van der Waals surface area contributed by atoms with Crippen LogP contribution in [0.1, 0.15) is 340 Å². The molecule has 0 saturated heterocycles. The zero-order valence-corrected chi connectivity index (χ0v) is 47.7. The summed E-state index contributed by atoms with van der Waals surface area (Å²) in [4.78, 5) is 19.2. The van der Waals surface area contributed by atoms with Crippen molar-refractivity contribution in [2.75, 3.05) is 13.2 Å². The van der Waals surface area contributed by atoms with Crippen LogP contribution in [0.4, 0.5) is 0 Å². The van der Waals surface area contributed by atoms with Gasteiger partial charge in [0.05, 0.1) is 13.2 Å². The molecule has 0 fully saturated rings. The van der Waals surface area contributed by atoms with Gasteiger partial charge in [0.1, 0.15) is 0 Å². The first-order valence-electron chi connectivity index (χ1n) is 28.8. The molecule has 0 atom stereocenters. The number of rotatable bonds is 38. The van der Waals surface area contributed by atoms with Crippen molar-refractivity contribution in [3.8, 4) is 0 Å². The van der Waals surface area contributed by atoms with Crippen LogP contribution in [0.25, 0.3) is 0 Å². The predicted molar refractivity (Wildman–Crippen MR) is 300 cm³/mol. The van der Waals surface area contributed by atoms with E-state index in [2.05, 4.69) is 82.4 Å². The number of hydrogen-bond donors (Lipinski definition) is 4. The van der Waals surface area contributed by atoms with E-state index in [0.29, 0.717) is 0 Å². The van der Waals surface area contributed by atoms with Crippen molar-refractivity contribution in [3.05, 3.63) is 24.3 Å². The van der Waals surface area contributed by atoms with Crippen molar-refractivity contribution < 1.29 is 30.0 Å². The third-order valence-electron chi connectivity index (χ3n) is 10.6. The fourth-order valence-corrected chi connectivity index (χ4v) is 6.04. The summed E-state index contributed by atoms with van der Waals surface area (Å²) in [5, 5.41) is 31.0. The van der Waals surface area contributed by atoms with Crippen molar-refractivity contribution in [1.82, 2.24) is 0 Å². The molecule has 0 unspecified atom stereocenters. The topological polar surface area (TPSA) is 115 Å². The molecule has 0 saturated carbocycles. The highest BCUT2D eigenvalue weighted by Crippen LogP contribution is 2.11. The molecular weight excluding hydrogens is 817 g/mol. The lowest BCUT2D eigenvalue weighted by atomic mass is 10.1. The van der Waals surface area contributed by atoms with Crippen LogP contribution in [0.15, 0.2) is 24.3 Å². The van der Waals surface area contributed by atoms with Gasteiger partial charge in [0.25, 0.3) is 0 Å². The second-order valence-corrected chi connectivity index (χ2v) is 18.2. The summed E-state index contributed by atoms with van der Waals surface area (Å²) in [5.74, 6) is -1.87. The molecule has 6 heteroatoms. The lowest BCUT2D eigenvalue weighted by Gasteiger charge is -1.97. The lowest BCUT2D eigenvalue weighted by Crippen LogP contribution is -1.92. The third kappa shape index (κ3) is 131. The van der Waals surface area contributed by atoms with Crippen molar-refractivity contribution in [2.24, 2.45) is 0 Å². The molecule has 0 rings (SSSR count). The number of aliphatic hydroxyl groups excluding tert-OH is 2. The molecule has 0 spiro atoms. The Morgan fingerprint density at radius 2 is 0.333 bits per heavy atom. The minimum Gasteiger partial charge on any atom is -0.478 e. The van der Waals surface area contributed by atoms with E-state index in [-0.39, 0.29) is 24.4 Å². The zero-order valence-electron chi connectivity index (χ0n) is 47.7. The van der Waals surface area contributed by atoms with Gasteiger partial charge in [-0.15, -0.1) is 0 Å². The fourth-order valence-electron chi connectivity index (χ4n) is 6.04. The molecule has 0 heterocycles. The Hall–Kier alpha value is -1.66. The maximum Gasteiger partial charge on any atom is 0.330 e. The smallest absolute Gasteiger partial charge is 0.330 e. The SMILES string of the molecule is C=C(C)C(=O)O.C=C(C)C(=O)O.CCCCCCCCCC.CCCCCCCCCC.CCCCCCCCCC.CCCCCCCCCC.CCCCCCCCCC.OCCO. The summed E-state index contributed by atoms with van der Waals surface area (Å²) in [6.07, 6.45) is 57.3. The summed E-state index contributed by atoms with van der Waals surface area (Å²) >= 11 is 0. The minimum absolute atomic E-state index is 0.125. The zero-order chi connectivity index (χ0) is 52.0. The highest BCUT2D eigenvalue weighted by Gasteiger charge is 1.93. The van der Waals surface area contributed by atoms with Gasteiger partial charge in [0, 0.05) is 11.1 Å². The summed E-state index contributed by atoms with van der Waals surface area (Å²) in [5.41, 5.74) is 0.352. The maximum absolute atomic E-state index is 9.60. The van der Waals surface area contributed by atoms with Crippen LogP contribution in [0.2, 0.25) is 0 Å². The highest BCUT2D eigenvalue weighted by molar-refractivity contribution is 5.85. The van der Waals surface area contributed by atoms with Crippen molar-refractivity contribution in [1.29, 1.82) is 0 Å². The van der Waals surface area contributed by atoms with Crippen molar-refractivity contribution in [3.63, 3.8) is 0 Å². The van der Waals surface area contributed by atoms with Gasteiger partial charge < -0.3 is 20.4 Å². The minimum atomic E-state index is -0.935. The van der Waals surface area contributed by atoms with Gasteiger partial charge in [-0.05, 0) is 13.8 Å². The van der Waals surface area contributed by atoms with Gasteiger partial charge in [-0.25, -0.2) is 9.59 Å². The van der Waals surface area contributed by atoms with E-state index < -0.39 is 11.9 Å². The maximum atomic E-state index is 9.60. The van der Waals surface area contributed by atoms with Gasteiger partial charge in [-0.1, -0.05) is 339 Å². The quantitative estimate of drug-likeness (QED) is 0.0362. The number of unbranched alkanes of at least 4 members (excludes halogenated alkanes) is 35. The molecule has 0 aromatic rings. The first kappa shape index (κ1) is 81.3. The molecule has 0 aromatic carbocycles. The largest absolute Gasteiger partial charge is 0.478 e. The average Bonchev–Trinajstić information content (AvgIpc) is 3.31. The number of carboxylic acids is 2. The molecule has 0 radical (unpaired) electrons. The Balaban J connectivity index is -0.0000000985. The van der Waals surface area contributed by atoms with E-state index in [1.54, 1.807) is 0 Å². The Morgan fingerprint density at radius 1 is 0.258 bits per heavy atom. The lowest BCUT2D eigenvalue weighted by molar-refractivity contribution is -0.133. The van der Waals surface area contributed by atoms with E-state index in [4.69, 9.17) is 20.4 Å². The number of carbonyl (C=O) groups is 2. The number of aliphatic hydroxyl groups is 2. The standard InChI is InChI=1S/5C10H22.2C4H6O2.C2H6O2/c5*1-3-5-7-9-10-8-6-4-2;2*1-3(2)4(5)6;3-1-2-4/h5*3-10H2,1-2H3;2*1H2,2H3,(H,5,6);3-4H,1-2H2. The van der Waals surface area contributed by atoms with Gasteiger partial charge in [0.2, 0.25) is 0 Å². The normalized spacial score (nSPS) is 9.55. The first-order chi connectivity index (χ1) is 31.8. The van der Waals surface area contributed by atoms with Gasteiger partial charge >= 0.3 is 11.9 Å². The number of hydrogen-bond acceptors (Lipinski definition) is 4. The van der Waals surface area contributed by atoms with Gasteiger partial charge in [0.15, 0.2) is 0 Å². The molecule has 66 heavy (non-hydrogen) atoms.